The maximum absolute atomic E-state index is 12.9. The molecule has 0 spiro atoms. The number of carboxylic acids is 1. The van der Waals surface area contributed by atoms with Crippen LogP contribution in [0.2, 0.25) is 0 Å². The summed E-state index contributed by atoms with van der Waals surface area (Å²) in [7, 11) is 5.99. The van der Waals surface area contributed by atoms with E-state index in [2.05, 4.69) is 26.0 Å². The van der Waals surface area contributed by atoms with Gasteiger partial charge in [-0.05, 0) is 38.5 Å². The van der Waals surface area contributed by atoms with Crippen molar-refractivity contribution in [2.24, 2.45) is 0 Å². The molecule has 0 fully saturated rings. The number of quaternary nitrogens is 1. The lowest BCUT2D eigenvalue weighted by Crippen LogP contribution is -2.40. The zero-order chi connectivity index (χ0) is 56.9. The van der Waals surface area contributed by atoms with Gasteiger partial charge in [0, 0.05) is 12.8 Å². The summed E-state index contributed by atoms with van der Waals surface area (Å²) in [5, 5.41) is 9.72. The monoisotopic (exact) mass is 1110 g/mol. The molecule has 0 heterocycles. The molecular formula is C69H134NO8+. The van der Waals surface area contributed by atoms with Crippen molar-refractivity contribution in [1.82, 2.24) is 0 Å². The van der Waals surface area contributed by atoms with Crippen LogP contribution in [0.15, 0.2) is 12.2 Å². The first-order valence-electron chi connectivity index (χ1n) is 34.4. The SMILES string of the molecule is CCCCCCCCCC/C=C\CCCCCCCCCCCCCCCCCCCCCCCCCCCC(=O)OC(COC(=O)CCCCCCCCCCCCCCCCCC)COC(OCC[N+](C)(C)C)C(=O)O. The standard InChI is InChI=1S/C69H133NO8/c1-6-8-10-12-14-16-18-20-22-24-25-26-27-28-29-30-31-32-33-34-35-36-37-38-39-40-41-42-43-44-46-48-50-52-54-56-58-60-67(72)78-65(64-77-69(68(73)74)75-62-61-70(3,4)5)63-76-66(71)59-57-55-53-51-49-47-45-23-21-19-17-15-13-11-9-7-2/h24-25,65,69H,6-23,26-64H2,1-5H3/p+1/b25-24-. The summed E-state index contributed by atoms with van der Waals surface area (Å²) in [6, 6.07) is 0. The van der Waals surface area contributed by atoms with Crippen LogP contribution in [0.5, 0.6) is 0 Å². The van der Waals surface area contributed by atoms with Gasteiger partial charge in [0.25, 0.3) is 6.29 Å². The largest absolute Gasteiger partial charge is 0.477 e. The summed E-state index contributed by atoms with van der Waals surface area (Å²) in [6.45, 7) is 4.95. The Morgan fingerprint density at radius 2 is 0.654 bits per heavy atom. The Balaban J connectivity index is 3.95. The van der Waals surface area contributed by atoms with Crippen LogP contribution in [0.4, 0.5) is 0 Å². The Kier molecular flexibility index (Phi) is 59.6. The van der Waals surface area contributed by atoms with E-state index in [0.717, 1.165) is 38.5 Å². The molecule has 9 nitrogen and oxygen atoms in total. The molecule has 0 saturated carbocycles. The maximum Gasteiger partial charge on any atom is 0.361 e. The number of aliphatic carboxylic acids is 1. The minimum atomic E-state index is -1.50. The molecule has 0 bridgehead atoms. The Bertz CT molecular complexity index is 1280. The second-order valence-electron chi connectivity index (χ2n) is 24.8. The molecule has 9 heteroatoms. The van der Waals surface area contributed by atoms with E-state index in [4.69, 9.17) is 18.9 Å². The van der Waals surface area contributed by atoms with Crippen LogP contribution < -0.4 is 0 Å². The van der Waals surface area contributed by atoms with Crippen molar-refractivity contribution in [2.45, 2.75) is 367 Å². The summed E-state index contributed by atoms with van der Waals surface area (Å²) in [5.74, 6) is -1.97. The molecule has 0 aliphatic rings. The second kappa shape index (κ2) is 61.1. The summed E-state index contributed by atoms with van der Waals surface area (Å²) in [4.78, 5) is 37.5. The van der Waals surface area contributed by atoms with Crippen molar-refractivity contribution < 1.29 is 42.9 Å². The fourth-order valence-corrected chi connectivity index (χ4v) is 10.5. The fraction of sp³-hybridized carbons (Fsp3) is 0.928. The van der Waals surface area contributed by atoms with E-state index in [-0.39, 0.29) is 38.2 Å². The Morgan fingerprint density at radius 3 is 0.949 bits per heavy atom. The third-order valence-electron chi connectivity index (χ3n) is 15.8. The highest BCUT2D eigenvalue weighted by atomic mass is 16.7. The van der Waals surface area contributed by atoms with Crippen molar-refractivity contribution in [3.05, 3.63) is 12.2 Å². The normalized spacial score (nSPS) is 12.7. The number of unbranched alkanes of at least 4 members (excludes halogenated alkanes) is 48. The lowest BCUT2D eigenvalue weighted by atomic mass is 10.0. The van der Waals surface area contributed by atoms with Gasteiger partial charge in [-0.2, -0.15) is 0 Å². The van der Waals surface area contributed by atoms with Crippen LogP contribution >= 0.6 is 0 Å². The fourth-order valence-electron chi connectivity index (χ4n) is 10.5. The lowest BCUT2D eigenvalue weighted by Gasteiger charge is -2.25. The van der Waals surface area contributed by atoms with E-state index in [1.165, 1.54) is 289 Å². The van der Waals surface area contributed by atoms with Gasteiger partial charge >= 0.3 is 17.9 Å². The first-order chi connectivity index (χ1) is 38.1. The molecule has 1 N–H and O–H groups in total. The third kappa shape index (κ3) is 61.6. The number of rotatable bonds is 65. The van der Waals surface area contributed by atoms with E-state index < -0.39 is 18.4 Å². The Morgan fingerprint density at radius 1 is 0.372 bits per heavy atom. The van der Waals surface area contributed by atoms with Gasteiger partial charge in [0.05, 0.1) is 34.4 Å². The van der Waals surface area contributed by atoms with Gasteiger partial charge in [-0.25, -0.2) is 4.79 Å². The van der Waals surface area contributed by atoms with Crippen molar-refractivity contribution in [3.8, 4) is 0 Å². The number of likely N-dealkylation sites (N-methyl/N-ethyl adjacent to an activating group) is 1. The van der Waals surface area contributed by atoms with Gasteiger partial charge in [0.15, 0.2) is 6.10 Å². The molecule has 0 rings (SSSR count). The number of carboxylic acid groups (broad SMARTS) is 1. The van der Waals surface area contributed by atoms with E-state index in [0.29, 0.717) is 17.4 Å². The van der Waals surface area contributed by atoms with E-state index in [1.54, 1.807) is 0 Å². The van der Waals surface area contributed by atoms with Crippen molar-refractivity contribution in [2.75, 3.05) is 47.5 Å². The number of esters is 2. The minimum absolute atomic E-state index is 0.173. The van der Waals surface area contributed by atoms with Crippen LogP contribution in [0, 0.1) is 0 Å². The molecule has 0 aliphatic heterocycles. The second-order valence-corrected chi connectivity index (χ2v) is 24.8. The first-order valence-corrected chi connectivity index (χ1v) is 34.4. The van der Waals surface area contributed by atoms with Crippen LogP contribution in [-0.2, 0) is 33.3 Å². The molecule has 0 aromatic carbocycles. The number of ether oxygens (including phenoxy) is 4. The molecule has 0 saturated heterocycles. The number of hydrogen-bond donors (Lipinski definition) is 1. The quantitative estimate of drug-likeness (QED) is 0.0211. The van der Waals surface area contributed by atoms with Crippen molar-refractivity contribution in [1.29, 1.82) is 0 Å². The number of carbonyl (C=O) groups is 3. The predicted molar refractivity (Wildman–Crippen MR) is 332 cm³/mol. The molecule has 0 radical (unpaired) electrons. The predicted octanol–water partition coefficient (Wildman–Crippen LogP) is 20.9. The maximum atomic E-state index is 12.9. The van der Waals surface area contributed by atoms with Crippen LogP contribution in [0.3, 0.4) is 0 Å². The van der Waals surface area contributed by atoms with Gasteiger partial charge in [-0.15, -0.1) is 0 Å². The van der Waals surface area contributed by atoms with Gasteiger partial charge in [-0.3, -0.25) is 9.59 Å². The van der Waals surface area contributed by atoms with E-state index >= 15 is 0 Å². The smallest absolute Gasteiger partial charge is 0.361 e. The first kappa shape index (κ1) is 76.0. The number of hydrogen-bond acceptors (Lipinski definition) is 7. The van der Waals surface area contributed by atoms with E-state index in [9.17, 15) is 19.5 Å². The van der Waals surface area contributed by atoms with E-state index in [1.807, 2.05) is 21.1 Å². The zero-order valence-electron chi connectivity index (χ0n) is 52.9. The molecular weight excluding hydrogens is 971 g/mol. The average Bonchev–Trinajstić information content (AvgIpc) is 3.41. The average molecular weight is 1110 g/mol. The van der Waals surface area contributed by atoms with Crippen LogP contribution in [-0.4, -0.2) is 87.4 Å². The summed E-state index contributed by atoms with van der Waals surface area (Å²) in [6.07, 6.45) is 70.5. The Hall–Kier alpha value is -1.97. The summed E-state index contributed by atoms with van der Waals surface area (Å²) >= 11 is 0. The van der Waals surface area contributed by atoms with Gasteiger partial charge in [0.1, 0.15) is 13.2 Å². The minimum Gasteiger partial charge on any atom is -0.477 e. The third-order valence-corrected chi connectivity index (χ3v) is 15.8. The number of carbonyl (C=O) groups excluding carboxylic acids is 2. The molecule has 0 aliphatic carbocycles. The molecule has 2 atom stereocenters. The summed E-state index contributed by atoms with van der Waals surface area (Å²) in [5.41, 5.74) is 0. The van der Waals surface area contributed by atoms with Gasteiger partial charge in [0.2, 0.25) is 0 Å². The molecule has 0 aromatic rings. The molecule has 0 aromatic heterocycles. The van der Waals surface area contributed by atoms with Gasteiger partial charge < -0.3 is 28.5 Å². The topological polar surface area (TPSA) is 108 Å². The van der Waals surface area contributed by atoms with Crippen molar-refractivity contribution >= 4 is 17.9 Å². The highest BCUT2D eigenvalue weighted by Crippen LogP contribution is 2.19. The molecule has 2 unspecified atom stereocenters. The number of allylic oxidation sites excluding steroid dienone is 2. The molecule has 462 valence electrons. The molecule has 78 heavy (non-hydrogen) atoms. The highest BCUT2D eigenvalue weighted by molar-refractivity contribution is 5.71. The van der Waals surface area contributed by atoms with Crippen LogP contribution in [0.1, 0.15) is 354 Å². The highest BCUT2D eigenvalue weighted by Gasteiger charge is 2.25. The van der Waals surface area contributed by atoms with Crippen molar-refractivity contribution in [3.63, 3.8) is 0 Å². The van der Waals surface area contributed by atoms with Crippen LogP contribution in [0.25, 0.3) is 0 Å². The lowest BCUT2D eigenvalue weighted by molar-refractivity contribution is -0.870. The summed E-state index contributed by atoms with van der Waals surface area (Å²) < 4.78 is 23.0. The Labute approximate surface area is 485 Å². The number of nitrogens with zero attached hydrogens (tertiary/aromatic N) is 1. The zero-order valence-corrected chi connectivity index (χ0v) is 52.9. The molecule has 0 amide bonds. The van der Waals surface area contributed by atoms with Gasteiger partial charge in [-0.1, -0.05) is 315 Å².